The molecule has 0 heterocycles. The molecule has 0 amide bonds. The fourth-order valence-corrected chi connectivity index (χ4v) is 4.33. The van der Waals surface area contributed by atoms with E-state index in [4.69, 9.17) is 0 Å². The molecule has 0 unspecified atom stereocenters. The van der Waals surface area contributed by atoms with Gasteiger partial charge in [0.15, 0.2) is 9.84 Å². The molecular weight excluding hydrogens is 308 g/mol. The molecule has 2 rings (SSSR count). The number of hydrogen-bond donors (Lipinski definition) is 1. The zero-order valence-electron chi connectivity index (χ0n) is 13.4. The van der Waals surface area contributed by atoms with Gasteiger partial charge in [-0.3, -0.25) is 0 Å². The molecular formula is C19H22O3S. The van der Waals surface area contributed by atoms with Crippen molar-refractivity contribution in [1.82, 2.24) is 0 Å². The van der Waals surface area contributed by atoms with E-state index in [1.54, 1.807) is 37.3 Å². The molecule has 2 aromatic rings. The lowest BCUT2D eigenvalue weighted by Crippen LogP contribution is -2.32. The van der Waals surface area contributed by atoms with Crippen LogP contribution in [0.15, 0.2) is 72.1 Å². The van der Waals surface area contributed by atoms with E-state index in [2.05, 4.69) is 6.58 Å². The van der Waals surface area contributed by atoms with Crippen LogP contribution in [-0.2, 0) is 9.84 Å². The number of hydrogen-bond acceptors (Lipinski definition) is 3. The van der Waals surface area contributed by atoms with Gasteiger partial charge in [0.25, 0.3) is 0 Å². The van der Waals surface area contributed by atoms with Crippen molar-refractivity contribution in [2.45, 2.75) is 24.8 Å². The van der Waals surface area contributed by atoms with Crippen molar-refractivity contribution >= 4 is 9.84 Å². The molecule has 0 aromatic heterocycles. The highest BCUT2D eigenvalue weighted by atomic mass is 32.2. The molecule has 0 aliphatic rings. The van der Waals surface area contributed by atoms with Crippen molar-refractivity contribution in [3.05, 3.63) is 78.4 Å². The fourth-order valence-electron chi connectivity index (χ4n) is 2.50. The third-order valence-corrected chi connectivity index (χ3v) is 6.08. The minimum atomic E-state index is -3.52. The first kappa shape index (κ1) is 17.4. The lowest BCUT2D eigenvalue weighted by Gasteiger charge is -2.31. The summed E-state index contributed by atoms with van der Waals surface area (Å²) in [6, 6.07) is 15.7. The zero-order valence-corrected chi connectivity index (χ0v) is 14.3. The van der Waals surface area contributed by atoms with E-state index in [0.717, 1.165) is 5.56 Å². The van der Waals surface area contributed by atoms with E-state index >= 15 is 0 Å². The Balaban J connectivity index is 2.33. The molecule has 2 atom stereocenters. The van der Waals surface area contributed by atoms with Crippen LogP contribution >= 0.6 is 0 Å². The van der Waals surface area contributed by atoms with Gasteiger partial charge in [0.05, 0.1) is 16.8 Å². The van der Waals surface area contributed by atoms with Crippen LogP contribution in [0.25, 0.3) is 0 Å². The Morgan fingerprint density at radius 1 is 1.13 bits per heavy atom. The minimum absolute atomic E-state index is 0.206. The van der Waals surface area contributed by atoms with Crippen molar-refractivity contribution in [2.24, 2.45) is 5.41 Å². The van der Waals surface area contributed by atoms with Gasteiger partial charge in [-0.05, 0) is 24.6 Å². The summed E-state index contributed by atoms with van der Waals surface area (Å²) in [5.41, 5.74) is 0.781. The molecule has 0 saturated carbocycles. The summed E-state index contributed by atoms with van der Waals surface area (Å²) in [7, 11) is -3.52. The summed E-state index contributed by atoms with van der Waals surface area (Å²) in [5.74, 6) is -0.206. The highest BCUT2D eigenvalue weighted by molar-refractivity contribution is 7.91. The first-order chi connectivity index (χ1) is 10.8. The summed E-state index contributed by atoms with van der Waals surface area (Å²) in [4.78, 5) is 0.254. The highest BCUT2D eigenvalue weighted by Crippen LogP contribution is 2.37. The van der Waals surface area contributed by atoms with Gasteiger partial charge >= 0.3 is 0 Å². The molecule has 0 saturated heterocycles. The first-order valence-corrected chi connectivity index (χ1v) is 9.10. The molecule has 0 aliphatic heterocycles. The molecule has 1 N–H and O–H groups in total. The van der Waals surface area contributed by atoms with Gasteiger partial charge in [0.2, 0.25) is 0 Å². The van der Waals surface area contributed by atoms with Crippen LogP contribution in [0.5, 0.6) is 0 Å². The third-order valence-electron chi connectivity index (χ3n) is 4.09. The smallest absolute Gasteiger partial charge is 0.179 e. The summed E-state index contributed by atoms with van der Waals surface area (Å²) < 4.78 is 25.3. The van der Waals surface area contributed by atoms with E-state index in [1.807, 2.05) is 31.2 Å². The predicted octanol–water partition coefficient (Wildman–Crippen LogP) is 3.69. The van der Waals surface area contributed by atoms with E-state index in [0.29, 0.717) is 5.56 Å². The van der Waals surface area contributed by atoms with Gasteiger partial charge in [-0.1, -0.05) is 61.0 Å². The number of aliphatic hydroxyl groups excluding tert-OH is 1. The van der Waals surface area contributed by atoms with E-state index in [-0.39, 0.29) is 10.6 Å². The molecule has 0 spiro atoms. The normalized spacial score (nSPS) is 15.6. The maximum absolute atomic E-state index is 12.6. The Morgan fingerprint density at radius 2 is 1.70 bits per heavy atom. The number of aryl methyl sites for hydroxylation is 1. The SMILES string of the molecule is C=C[C@@](C)(CS(=O)(=O)c1ccccc1)[C@@H](O)c1ccc(C)cc1. The second-order valence-corrected chi connectivity index (χ2v) is 8.08. The Kier molecular flexibility index (Phi) is 5.07. The molecule has 23 heavy (non-hydrogen) atoms. The van der Waals surface area contributed by atoms with Crippen LogP contribution in [-0.4, -0.2) is 19.3 Å². The number of benzene rings is 2. The van der Waals surface area contributed by atoms with Crippen LogP contribution in [0.4, 0.5) is 0 Å². The second-order valence-electron chi connectivity index (χ2n) is 6.10. The van der Waals surface area contributed by atoms with E-state index in [1.165, 1.54) is 6.08 Å². The molecule has 0 aliphatic carbocycles. The van der Waals surface area contributed by atoms with Gasteiger partial charge in [-0.2, -0.15) is 0 Å². The first-order valence-electron chi connectivity index (χ1n) is 7.44. The maximum Gasteiger partial charge on any atom is 0.179 e. The van der Waals surface area contributed by atoms with E-state index in [9.17, 15) is 13.5 Å². The van der Waals surface area contributed by atoms with Crippen molar-refractivity contribution in [3.8, 4) is 0 Å². The molecule has 0 radical (unpaired) electrons. The Bertz CT molecular complexity index is 764. The molecule has 3 nitrogen and oxygen atoms in total. The highest BCUT2D eigenvalue weighted by Gasteiger charge is 2.36. The lowest BCUT2D eigenvalue weighted by molar-refractivity contribution is 0.0840. The summed E-state index contributed by atoms with van der Waals surface area (Å²) >= 11 is 0. The Labute approximate surface area is 138 Å². The molecule has 122 valence electrons. The van der Waals surface area contributed by atoms with Gasteiger partial charge in [-0.15, -0.1) is 6.58 Å². The largest absolute Gasteiger partial charge is 0.387 e. The topological polar surface area (TPSA) is 54.4 Å². The third kappa shape index (κ3) is 3.89. The van der Waals surface area contributed by atoms with Crippen molar-refractivity contribution in [1.29, 1.82) is 0 Å². The molecule has 2 aromatic carbocycles. The summed E-state index contributed by atoms with van der Waals surface area (Å²) in [5, 5.41) is 10.7. The maximum atomic E-state index is 12.6. The minimum Gasteiger partial charge on any atom is -0.387 e. The van der Waals surface area contributed by atoms with Gasteiger partial charge in [0, 0.05) is 5.41 Å². The van der Waals surface area contributed by atoms with Crippen LogP contribution in [0.2, 0.25) is 0 Å². The Hall–Kier alpha value is -1.91. The number of aliphatic hydroxyl groups is 1. The molecule has 0 fully saturated rings. The van der Waals surface area contributed by atoms with Gasteiger partial charge < -0.3 is 5.11 Å². The molecule has 4 heteroatoms. The van der Waals surface area contributed by atoms with Crippen LogP contribution in [0.3, 0.4) is 0 Å². The van der Waals surface area contributed by atoms with Crippen molar-refractivity contribution in [2.75, 3.05) is 5.75 Å². The quantitative estimate of drug-likeness (QED) is 0.822. The fraction of sp³-hybridized carbons (Fsp3) is 0.263. The van der Waals surface area contributed by atoms with Crippen LogP contribution < -0.4 is 0 Å². The van der Waals surface area contributed by atoms with Crippen LogP contribution in [0.1, 0.15) is 24.2 Å². The summed E-state index contributed by atoms with van der Waals surface area (Å²) in [6.45, 7) is 7.42. The number of rotatable bonds is 6. The molecule has 0 bridgehead atoms. The van der Waals surface area contributed by atoms with Crippen molar-refractivity contribution < 1.29 is 13.5 Å². The van der Waals surface area contributed by atoms with Gasteiger partial charge in [0.1, 0.15) is 0 Å². The van der Waals surface area contributed by atoms with E-state index < -0.39 is 21.4 Å². The lowest BCUT2D eigenvalue weighted by atomic mass is 9.82. The average molecular weight is 330 g/mol. The van der Waals surface area contributed by atoms with Crippen molar-refractivity contribution in [3.63, 3.8) is 0 Å². The number of sulfone groups is 1. The van der Waals surface area contributed by atoms with Crippen LogP contribution in [0, 0.1) is 12.3 Å². The monoisotopic (exact) mass is 330 g/mol. The average Bonchev–Trinajstić information content (AvgIpc) is 2.55. The van der Waals surface area contributed by atoms with Gasteiger partial charge in [-0.25, -0.2) is 8.42 Å². The summed E-state index contributed by atoms with van der Waals surface area (Å²) in [6.07, 6.45) is 0.581. The predicted molar refractivity (Wildman–Crippen MR) is 92.9 cm³/mol. The Morgan fingerprint density at radius 3 is 2.22 bits per heavy atom. The second kappa shape index (κ2) is 6.69. The standard InChI is InChI=1S/C19H22O3S/c1-4-19(3,18(20)16-12-10-15(2)11-13-16)14-23(21,22)17-8-6-5-7-9-17/h4-13,18,20H,1,14H2,2-3H3/t18-,19-/m0/s1. The zero-order chi connectivity index (χ0) is 17.1.